The van der Waals surface area contributed by atoms with E-state index in [0.29, 0.717) is 26.1 Å². The van der Waals surface area contributed by atoms with Gasteiger partial charge in [-0.05, 0) is 58.8 Å². The van der Waals surface area contributed by atoms with E-state index < -0.39 is 29.9 Å². The molecule has 3 amide bonds. The molecule has 3 fully saturated rings. The molecule has 2 heterocycles. The number of carbonyl (C=O) groups excluding carboxylic acids is 3. The summed E-state index contributed by atoms with van der Waals surface area (Å²) in [6.07, 6.45) is 6.10. The topological polar surface area (TPSA) is 152 Å². The first kappa shape index (κ1) is 36.4. The Labute approximate surface area is 268 Å². The minimum absolute atomic E-state index is 0.00875. The van der Waals surface area contributed by atoms with E-state index in [1.807, 2.05) is 13.8 Å². The Bertz CT molecular complexity index is 990. The van der Waals surface area contributed by atoms with Crippen LogP contribution in [0.1, 0.15) is 79.6 Å². The SMILES string of the molecule is COC1C(OC(=O)N[C@@H](COC(=O)NCCCCCCNC(=O)CNS)C(C)C)CC[C@]2(CO2)C1[C@]1(C)OC1CC=C(C)C. The first-order valence-electron chi connectivity index (χ1n) is 15.9. The van der Waals surface area contributed by atoms with Gasteiger partial charge in [0.2, 0.25) is 5.91 Å². The molecular weight excluding hydrogens is 588 g/mol. The summed E-state index contributed by atoms with van der Waals surface area (Å²) < 4.78 is 32.1. The number of hydrogen-bond acceptors (Lipinski definition) is 10. The molecule has 2 aliphatic heterocycles. The number of unbranched alkanes of at least 4 members (excludes halogenated alkanes) is 3. The Kier molecular flexibility index (Phi) is 14.1. The van der Waals surface area contributed by atoms with Crippen molar-refractivity contribution < 1.29 is 38.1 Å². The lowest BCUT2D eigenvalue weighted by Gasteiger charge is -2.42. The molecule has 0 aromatic rings. The van der Waals surface area contributed by atoms with Gasteiger partial charge in [-0.3, -0.25) is 9.52 Å². The Morgan fingerprint density at radius 1 is 1.07 bits per heavy atom. The van der Waals surface area contributed by atoms with Gasteiger partial charge in [0.05, 0.1) is 31.2 Å². The predicted octanol–water partition coefficient (Wildman–Crippen LogP) is 3.65. The number of carbonyl (C=O) groups is 3. The lowest BCUT2D eigenvalue weighted by Crippen LogP contribution is -2.56. The van der Waals surface area contributed by atoms with E-state index in [-0.39, 0.29) is 48.7 Å². The summed E-state index contributed by atoms with van der Waals surface area (Å²) in [4.78, 5) is 36.7. The van der Waals surface area contributed by atoms with Gasteiger partial charge in [0.15, 0.2) is 0 Å². The van der Waals surface area contributed by atoms with Crippen LogP contribution in [0.15, 0.2) is 11.6 Å². The van der Waals surface area contributed by atoms with Crippen molar-refractivity contribution in [2.24, 2.45) is 11.8 Å². The van der Waals surface area contributed by atoms with Gasteiger partial charge in [-0.15, -0.1) is 0 Å². The standard InChI is InChI=1S/C31H54N4O8S/c1-20(2)11-12-24-30(5,43-24)27-26(39-6)23(13-14-31(27)19-41-31)42-29(38)35-22(21(3)4)18-40-28(37)33-16-10-8-7-9-15-32-25(36)17-34-44/h11,21-24,26-27,34,44H,7-10,12-19H2,1-6H3,(H,32,36)(H,33,37)(H,35,38)/t22-,23?,24?,26?,27?,30+,31-/m0/s1. The van der Waals surface area contributed by atoms with Crippen LogP contribution < -0.4 is 20.7 Å². The number of thiol groups is 1. The molecule has 12 nitrogen and oxygen atoms in total. The first-order chi connectivity index (χ1) is 21.0. The molecule has 7 atom stereocenters. The summed E-state index contributed by atoms with van der Waals surface area (Å²) in [5.41, 5.74) is 0.541. The zero-order chi connectivity index (χ0) is 32.3. The molecule has 0 radical (unpaired) electrons. The van der Waals surface area contributed by atoms with Crippen LogP contribution in [0.25, 0.3) is 0 Å². The number of nitrogens with one attached hydrogen (secondary N) is 4. The number of methoxy groups -OCH3 is 1. The van der Waals surface area contributed by atoms with E-state index in [0.717, 1.165) is 38.5 Å². The van der Waals surface area contributed by atoms with Crippen LogP contribution in [0.3, 0.4) is 0 Å². The lowest BCUT2D eigenvalue weighted by molar-refractivity contribution is -0.119. The summed E-state index contributed by atoms with van der Waals surface area (Å²) in [5, 5.41) is 8.45. The summed E-state index contributed by atoms with van der Waals surface area (Å²) >= 11 is 3.80. The fourth-order valence-electron chi connectivity index (χ4n) is 6.17. The zero-order valence-corrected chi connectivity index (χ0v) is 28.1. The van der Waals surface area contributed by atoms with E-state index in [2.05, 4.69) is 60.3 Å². The molecular formula is C31H54N4O8S. The minimum Gasteiger partial charge on any atom is -0.447 e. The van der Waals surface area contributed by atoms with Gasteiger partial charge < -0.3 is 39.6 Å². The summed E-state index contributed by atoms with van der Waals surface area (Å²) in [6.45, 7) is 12.1. The molecule has 252 valence electrons. The van der Waals surface area contributed by atoms with Gasteiger partial charge in [-0.25, -0.2) is 9.59 Å². The second kappa shape index (κ2) is 17.0. The molecule has 4 unspecified atom stereocenters. The Balaban J connectivity index is 1.40. The van der Waals surface area contributed by atoms with Crippen molar-refractivity contribution >= 4 is 30.9 Å². The fraction of sp³-hybridized carbons (Fsp3) is 0.839. The fourth-order valence-corrected chi connectivity index (χ4v) is 6.31. The van der Waals surface area contributed by atoms with Crippen molar-refractivity contribution in [1.82, 2.24) is 20.7 Å². The van der Waals surface area contributed by atoms with Gasteiger partial charge in [-0.1, -0.05) is 51.2 Å². The molecule has 0 aromatic carbocycles. The molecule has 1 aliphatic carbocycles. The number of amides is 3. The van der Waals surface area contributed by atoms with Crippen molar-refractivity contribution in [2.75, 3.05) is 40.0 Å². The summed E-state index contributed by atoms with van der Waals surface area (Å²) in [6, 6.07) is -0.419. The minimum atomic E-state index is -0.563. The van der Waals surface area contributed by atoms with Crippen molar-refractivity contribution in [3.8, 4) is 0 Å². The highest BCUT2D eigenvalue weighted by Crippen LogP contribution is 2.59. The maximum atomic E-state index is 13.1. The average Bonchev–Trinajstić information content (AvgIpc) is 3.88. The monoisotopic (exact) mass is 642 g/mol. The Hall–Kier alpha value is -2.06. The van der Waals surface area contributed by atoms with Crippen LogP contribution in [0.2, 0.25) is 0 Å². The highest BCUT2D eigenvalue weighted by molar-refractivity contribution is 7.78. The van der Waals surface area contributed by atoms with Crippen LogP contribution in [0, 0.1) is 11.8 Å². The maximum Gasteiger partial charge on any atom is 0.407 e. The van der Waals surface area contributed by atoms with Gasteiger partial charge in [-0.2, -0.15) is 0 Å². The Morgan fingerprint density at radius 3 is 2.34 bits per heavy atom. The third kappa shape index (κ3) is 10.5. The summed E-state index contributed by atoms with van der Waals surface area (Å²) in [5.74, 6) is -0.136. The molecule has 1 spiro atoms. The number of ether oxygens (including phenoxy) is 5. The quantitative estimate of drug-likeness (QED) is 0.0653. The van der Waals surface area contributed by atoms with E-state index in [1.54, 1.807) is 7.11 Å². The lowest BCUT2D eigenvalue weighted by atomic mass is 9.68. The number of allylic oxidation sites excluding steroid dienone is 1. The van der Waals surface area contributed by atoms with Gasteiger partial charge in [0, 0.05) is 20.2 Å². The van der Waals surface area contributed by atoms with Gasteiger partial charge in [0.1, 0.15) is 30.0 Å². The maximum absolute atomic E-state index is 13.1. The van der Waals surface area contributed by atoms with Gasteiger partial charge in [0.25, 0.3) is 0 Å². The Morgan fingerprint density at radius 2 is 1.75 bits per heavy atom. The van der Waals surface area contributed by atoms with Crippen molar-refractivity contribution in [1.29, 1.82) is 0 Å². The highest BCUT2D eigenvalue weighted by Gasteiger charge is 2.72. The van der Waals surface area contributed by atoms with Crippen molar-refractivity contribution in [2.45, 2.75) is 115 Å². The normalized spacial score (nSPS) is 29.5. The summed E-state index contributed by atoms with van der Waals surface area (Å²) in [7, 11) is 1.65. The smallest absolute Gasteiger partial charge is 0.407 e. The predicted molar refractivity (Wildman–Crippen MR) is 169 cm³/mol. The third-order valence-corrected chi connectivity index (χ3v) is 9.09. The number of epoxide rings is 2. The first-order valence-corrected chi connectivity index (χ1v) is 16.4. The average molecular weight is 643 g/mol. The third-order valence-electron chi connectivity index (χ3n) is 8.93. The van der Waals surface area contributed by atoms with Crippen LogP contribution in [0.5, 0.6) is 0 Å². The molecule has 2 saturated heterocycles. The zero-order valence-electron chi connectivity index (χ0n) is 27.2. The number of hydrogen-bond donors (Lipinski definition) is 5. The van der Waals surface area contributed by atoms with E-state index >= 15 is 0 Å². The second-order valence-corrected chi connectivity index (χ2v) is 13.3. The molecule has 3 aliphatic rings. The molecule has 4 N–H and O–H groups in total. The molecule has 3 rings (SSSR count). The number of alkyl carbamates (subject to hydrolysis) is 2. The van der Waals surface area contributed by atoms with Crippen LogP contribution in [-0.2, 0) is 28.5 Å². The van der Waals surface area contributed by atoms with Crippen LogP contribution in [0.4, 0.5) is 9.59 Å². The van der Waals surface area contributed by atoms with Crippen molar-refractivity contribution in [3.05, 3.63) is 11.6 Å². The van der Waals surface area contributed by atoms with E-state index in [9.17, 15) is 14.4 Å². The second-order valence-electron chi connectivity index (χ2n) is 12.9. The molecule has 0 aromatic heterocycles. The van der Waals surface area contributed by atoms with Crippen LogP contribution in [-0.4, -0.2) is 93.6 Å². The van der Waals surface area contributed by atoms with E-state index in [4.69, 9.17) is 23.7 Å². The van der Waals surface area contributed by atoms with Crippen molar-refractivity contribution in [3.63, 3.8) is 0 Å². The van der Waals surface area contributed by atoms with E-state index in [1.165, 1.54) is 5.57 Å². The molecule has 1 saturated carbocycles. The van der Waals surface area contributed by atoms with Crippen LogP contribution >= 0.6 is 12.8 Å². The molecule has 44 heavy (non-hydrogen) atoms. The number of rotatable bonds is 18. The highest BCUT2D eigenvalue weighted by atomic mass is 32.1. The molecule has 0 bridgehead atoms. The van der Waals surface area contributed by atoms with Gasteiger partial charge >= 0.3 is 12.2 Å². The largest absolute Gasteiger partial charge is 0.447 e. The molecule has 13 heteroatoms.